The molecule has 2 nitrogen and oxygen atoms in total. The Morgan fingerprint density at radius 3 is 2.44 bits per heavy atom. The molecule has 0 spiro atoms. The molecule has 1 aliphatic carbocycles. The Labute approximate surface area is 100 Å². The van der Waals surface area contributed by atoms with Crippen molar-refractivity contribution in [3.8, 4) is 0 Å². The van der Waals surface area contributed by atoms with Crippen LogP contribution in [0.15, 0.2) is 0 Å². The molecule has 1 rings (SSSR count). The zero-order valence-corrected chi connectivity index (χ0v) is 11.0. The molecule has 0 bridgehead atoms. The van der Waals surface area contributed by atoms with Gasteiger partial charge in [-0.15, -0.1) is 0 Å². The first kappa shape index (κ1) is 14.0. The van der Waals surface area contributed by atoms with Crippen LogP contribution >= 0.6 is 0 Å². The molecule has 0 aromatic heterocycles. The molecule has 96 valence electrons. The number of hydrogen-bond acceptors (Lipinski definition) is 2. The molecule has 1 N–H and O–H groups in total. The van der Waals surface area contributed by atoms with Gasteiger partial charge in [0.15, 0.2) is 0 Å². The lowest BCUT2D eigenvalue weighted by atomic mass is 9.78. The number of hydrogen-bond donors (Lipinski definition) is 1. The van der Waals surface area contributed by atoms with E-state index < -0.39 is 0 Å². The molecule has 1 atom stereocenters. The van der Waals surface area contributed by atoms with Crippen molar-refractivity contribution in [3.63, 3.8) is 0 Å². The van der Waals surface area contributed by atoms with E-state index >= 15 is 0 Å². The highest BCUT2D eigenvalue weighted by Crippen LogP contribution is 2.33. The molecular weight excluding hydrogens is 200 g/mol. The largest absolute Gasteiger partial charge is 0.390 e. The second-order valence-corrected chi connectivity index (χ2v) is 5.15. The van der Waals surface area contributed by atoms with Crippen molar-refractivity contribution >= 4 is 0 Å². The van der Waals surface area contributed by atoms with Gasteiger partial charge in [-0.05, 0) is 31.6 Å². The summed E-state index contributed by atoms with van der Waals surface area (Å²) < 4.78 is 5.29. The lowest BCUT2D eigenvalue weighted by molar-refractivity contribution is -0.00569. The van der Waals surface area contributed by atoms with Crippen molar-refractivity contribution in [1.82, 2.24) is 0 Å². The SMILES string of the molecule is CCCCC1CCC(C(O)COCC)CC1. The van der Waals surface area contributed by atoms with Crippen LogP contribution in [0.25, 0.3) is 0 Å². The Bertz CT molecular complexity index is 162. The normalized spacial score (nSPS) is 27.9. The van der Waals surface area contributed by atoms with Crippen LogP contribution in [0.4, 0.5) is 0 Å². The third kappa shape index (κ3) is 4.84. The molecule has 16 heavy (non-hydrogen) atoms. The molecule has 2 heteroatoms. The van der Waals surface area contributed by atoms with Gasteiger partial charge >= 0.3 is 0 Å². The van der Waals surface area contributed by atoms with Crippen molar-refractivity contribution < 1.29 is 9.84 Å². The molecule has 1 aliphatic rings. The van der Waals surface area contributed by atoms with Gasteiger partial charge in [-0.1, -0.05) is 39.0 Å². The van der Waals surface area contributed by atoms with Crippen LogP contribution in [0.5, 0.6) is 0 Å². The van der Waals surface area contributed by atoms with E-state index in [1.807, 2.05) is 6.92 Å². The van der Waals surface area contributed by atoms with E-state index in [2.05, 4.69) is 6.92 Å². The van der Waals surface area contributed by atoms with E-state index in [1.54, 1.807) is 0 Å². The van der Waals surface area contributed by atoms with Gasteiger partial charge in [-0.3, -0.25) is 0 Å². The Hall–Kier alpha value is -0.0800. The van der Waals surface area contributed by atoms with Crippen LogP contribution in [0.2, 0.25) is 0 Å². The van der Waals surface area contributed by atoms with Gasteiger partial charge in [-0.25, -0.2) is 0 Å². The summed E-state index contributed by atoms with van der Waals surface area (Å²) in [5, 5.41) is 9.94. The lowest BCUT2D eigenvalue weighted by Gasteiger charge is -2.31. The highest BCUT2D eigenvalue weighted by Gasteiger charge is 2.25. The van der Waals surface area contributed by atoms with E-state index in [4.69, 9.17) is 4.74 Å². The minimum absolute atomic E-state index is 0.230. The average Bonchev–Trinajstić information content (AvgIpc) is 2.34. The molecule has 0 saturated heterocycles. The van der Waals surface area contributed by atoms with Crippen molar-refractivity contribution in [2.45, 2.75) is 64.9 Å². The van der Waals surface area contributed by atoms with Crippen molar-refractivity contribution in [2.24, 2.45) is 11.8 Å². The van der Waals surface area contributed by atoms with Crippen LogP contribution in [-0.4, -0.2) is 24.4 Å². The fourth-order valence-corrected chi connectivity index (χ4v) is 2.73. The second-order valence-electron chi connectivity index (χ2n) is 5.15. The molecule has 0 aliphatic heterocycles. The fourth-order valence-electron chi connectivity index (χ4n) is 2.73. The summed E-state index contributed by atoms with van der Waals surface area (Å²) in [6.45, 7) is 5.48. The number of ether oxygens (including phenoxy) is 1. The molecule has 0 aromatic carbocycles. The average molecular weight is 228 g/mol. The monoisotopic (exact) mass is 228 g/mol. The van der Waals surface area contributed by atoms with Crippen LogP contribution in [-0.2, 0) is 4.74 Å². The Morgan fingerprint density at radius 1 is 1.19 bits per heavy atom. The van der Waals surface area contributed by atoms with Crippen LogP contribution in [0.1, 0.15) is 58.8 Å². The predicted octanol–water partition coefficient (Wildman–Crippen LogP) is 3.38. The van der Waals surface area contributed by atoms with Gasteiger partial charge in [0, 0.05) is 6.61 Å². The Balaban J connectivity index is 2.15. The summed E-state index contributed by atoms with van der Waals surface area (Å²) in [6, 6.07) is 0. The van der Waals surface area contributed by atoms with Gasteiger partial charge in [0.2, 0.25) is 0 Å². The predicted molar refractivity (Wildman–Crippen MR) is 67.5 cm³/mol. The van der Waals surface area contributed by atoms with E-state index in [0.29, 0.717) is 19.1 Å². The van der Waals surface area contributed by atoms with Crippen molar-refractivity contribution in [1.29, 1.82) is 0 Å². The molecule has 0 radical (unpaired) electrons. The zero-order valence-electron chi connectivity index (χ0n) is 11.0. The van der Waals surface area contributed by atoms with Crippen LogP contribution < -0.4 is 0 Å². The van der Waals surface area contributed by atoms with Gasteiger partial charge in [0.05, 0.1) is 12.7 Å². The maximum absolute atomic E-state index is 9.94. The standard InChI is InChI=1S/C14H28O2/c1-3-5-6-12-7-9-13(10-8-12)14(15)11-16-4-2/h12-15H,3-11H2,1-2H3. The molecule has 1 unspecified atom stereocenters. The summed E-state index contributed by atoms with van der Waals surface area (Å²) in [5.41, 5.74) is 0. The molecule has 1 fully saturated rings. The smallest absolute Gasteiger partial charge is 0.0801 e. The highest BCUT2D eigenvalue weighted by molar-refractivity contribution is 4.77. The second kappa shape index (κ2) is 8.08. The first-order valence-electron chi connectivity index (χ1n) is 7.03. The zero-order chi connectivity index (χ0) is 11.8. The fraction of sp³-hybridized carbons (Fsp3) is 1.00. The lowest BCUT2D eigenvalue weighted by Crippen LogP contribution is -2.29. The third-order valence-electron chi connectivity index (χ3n) is 3.89. The Kier molecular flexibility index (Phi) is 7.06. The number of aliphatic hydroxyl groups is 1. The summed E-state index contributed by atoms with van der Waals surface area (Å²) in [4.78, 5) is 0. The molecule has 1 saturated carbocycles. The summed E-state index contributed by atoms with van der Waals surface area (Å²) in [6.07, 6.45) is 8.87. The van der Waals surface area contributed by atoms with E-state index in [-0.39, 0.29) is 6.10 Å². The highest BCUT2D eigenvalue weighted by atomic mass is 16.5. The van der Waals surface area contributed by atoms with Crippen molar-refractivity contribution in [2.75, 3.05) is 13.2 Å². The first-order valence-corrected chi connectivity index (χ1v) is 7.03. The minimum atomic E-state index is -0.230. The van der Waals surface area contributed by atoms with E-state index in [9.17, 15) is 5.11 Å². The van der Waals surface area contributed by atoms with Gasteiger partial charge in [0.25, 0.3) is 0 Å². The van der Waals surface area contributed by atoms with E-state index in [1.165, 1.54) is 44.9 Å². The summed E-state index contributed by atoms with van der Waals surface area (Å²) in [7, 11) is 0. The third-order valence-corrected chi connectivity index (χ3v) is 3.89. The number of rotatable bonds is 7. The van der Waals surface area contributed by atoms with E-state index in [0.717, 1.165) is 5.92 Å². The summed E-state index contributed by atoms with van der Waals surface area (Å²) in [5.74, 6) is 1.42. The Morgan fingerprint density at radius 2 is 1.88 bits per heavy atom. The molecule has 0 aromatic rings. The quantitative estimate of drug-likeness (QED) is 0.724. The molecule has 0 amide bonds. The van der Waals surface area contributed by atoms with Gasteiger partial charge < -0.3 is 9.84 Å². The molecule has 0 heterocycles. The first-order chi connectivity index (χ1) is 7.77. The topological polar surface area (TPSA) is 29.5 Å². The maximum Gasteiger partial charge on any atom is 0.0801 e. The summed E-state index contributed by atoms with van der Waals surface area (Å²) >= 11 is 0. The van der Waals surface area contributed by atoms with Gasteiger partial charge in [0.1, 0.15) is 0 Å². The van der Waals surface area contributed by atoms with Crippen molar-refractivity contribution in [3.05, 3.63) is 0 Å². The van der Waals surface area contributed by atoms with Crippen LogP contribution in [0.3, 0.4) is 0 Å². The number of aliphatic hydroxyl groups excluding tert-OH is 1. The molecular formula is C14H28O2. The van der Waals surface area contributed by atoms with Crippen LogP contribution in [0, 0.1) is 11.8 Å². The number of unbranched alkanes of at least 4 members (excludes halogenated alkanes) is 1. The maximum atomic E-state index is 9.94. The minimum Gasteiger partial charge on any atom is -0.390 e. The van der Waals surface area contributed by atoms with Gasteiger partial charge in [-0.2, -0.15) is 0 Å².